The van der Waals surface area contributed by atoms with Crippen LogP contribution in [0.5, 0.6) is 0 Å². The largest absolute Gasteiger partial charge is 0.452 e. The third-order valence-corrected chi connectivity index (χ3v) is 4.51. The van der Waals surface area contributed by atoms with E-state index in [0.29, 0.717) is 6.42 Å². The van der Waals surface area contributed by atoms with Crippen molar-refractivity contribution in [1.29, 1.82) is 0 Å². The summed E-state index contributed by atoms with van der Waals surface area (Å²) in [5.41, 5.74) is 3.60. The van der Waals surface area contributed by atoms with Crippen LogP contribution in [-0.4, -0.2) is 29.3 Å². The standard InChI is InChI=1S/C16H15NO3/c1-9-15-14(16(19)20-9)13(18)8-12-11-5-3-2-4-10(11)6-7-17(12)15/h2-5,9,12H,6-8H2,1H3/t9-,12?/m1/s1. The molecule has 0 fully saturated rings. The number of esters is 1. The normalized spacial score (nSPS) is 27.9. The van der Waals surface area contributed by atoms with Crippen LogP contribution in [0, 0.1) is 0 Å². The van der Waals surface area contributed by atoms with Gasteiger partial charge < -0.3 is 9.64 Å². The molecular weight excluding hydrogens is 254 g/mol. The summed E-state index contributed by atoms with van der Waals surface area (Å²) in [5.74, 6) is -0.526. The van der Waals surface area contributed by atoms with Gasteiger partial charge in [0, 0.05) is 13.0 Å². The first-order chi connectivity index (χ1) is 9.66. The van der Waals surface area contributed by atoms with E-state index < -0.39 is 5.97 Å². The number of fused-ring (bicyclic) bond motifs is 4. The van der Waals surface area contributed by atoms with Gasteiger partial charge in [0.1, 0.15) is 11.7 Å². The topological polar surface area (TPSA) is 46.6 Å². The molecule has 2 atom stereocenters. The highest BCUT2D eigenvalue weighted by Crippen LogP contribution is 2.43. The van der Waals surface area contributed by atoms with E-state index in [1.807, 2.05) is 19.1 Å². The molecule has 0 spiro atoms. The summed E-state index contributed by atoms with van der Waals surface area (Å²) in [6.45, 7) is 2.69. The lowest BCUT2D eigenvalue weighted by Gasteiger charge is -2.42. The predicted molar refractivity (Wildman–Crippen MR) is 71.8 cm³/mol. The first kappa shape index (κ1) is 11.7. The number of benzene rings is 1. The van der Waals surface area contributed by atoms with Crippen LogP contribution < -0.4 is 0 Å². The Hall–Kier alpha value is -2.10. The molecule has 4 rings (SSSR count). The van der Waals surface area contributed by atoms with Crippen LogP contribution in [0.15, 0.2) is 35.5 Å². The molecular formula is C16H15NO3. The Morgan fingerprint density at radius 1 is 1.25 bits per heavy atom. The summed E-state index contributed by atoms with van der Waals surface area (Å²) in [5, 5.41) is 0. The molecule has 0 aliphatic carbocycles. The van der Waals surface area contributed by atoms with Crippen molar-refractivity contribution in [2.75, 3.05) is 6.54 Å². The molecule has 3 heterocycles. The molecule has 0 N–H and O–H groups in total. The molecule has 0 saturated heterocycles. The number of ketones is 1. The second-order valence-corrected chi connectivity index (χ2v) is 5.59. The van der Waals surface area contributed by atoms with Gasteiger partial charge >= 0.3 is 5.97 Å². The van der Waals surface area contributed by atoms with Gasteiger partial charge in [-0.25, -0.2) is 4.79 Å². The van der Waals surface area contributed by atoms with Crippen LogP contribution in [-0.2, 0) is 20.7 Å². The molecule has 3 aliphatic heterocycles. The van der Waals surface area contributed by atoms with E-state index in [0.717, 1.165) is 18.7 Å². The van der Waals surface area contributed by atoms with E-state index in [4.69, 9.17) is 4.74 Å². The molecule has 4 heteroatoms. The van der Waals surface area contributed by atoms with Crippen molar-refractivity contribution in [3.8, 4) is 0 Å². The van der Waals surface area contributed by atoms with Crippen LogP contribution in [0.2, 0.25) is 0 Å². The van der Waals surface area contributed by atoms with Gasteiger partial charge in [0.25, 0.3) is 0 Å². The number of ether oxygens (including phenoxy) is 1. The Labute approximate surface area is 117 Å². The molecule has 102 valence electrons. The monoisotopic (exact) mass is 269 g/mol. The number of rotatable bonds is 0. The van der Waals surface area contributed by atoms with Crippen LogP contribution >= 0.6 is 0 Å². The highest BCUT2D eigenvalue weighted by atomic mass is 16.5. The first-order valence-electron chi connectivity index (χ1n) is 6.99. The Morgan fingerprint density at radius 2 is 2.05 bits per heavy atom. The van der Waals surface area contributed by atoms with Crippen molar-refractivity contribution in [2.45, 2.75) is 31.9 Å². The minimum Gasteiger partial charge on any atom is -0.452 e. The maximum absolute atomic E-state index is 12.3. The van der Waals surface area contributed by atoms with Crippen molar-refractivity contribution >= 4 is 11.8 Å². The van der Waals surface area contributed by atoms with Gasteiger partial charge in [-0.2, -0.15) is 0 Å². The highest BCUT2D eigenvalue weighted by Gasteiger charge is 2.46. The zero-order chi connectivity index (χ0) is 13.9. The molecule has 0 aromatic heterocycles. The fraction of sp³-hybridized carbons (Fsp3) is 0.375. The maximum atomic E-state index is 12.3. The SMILES string of the molecule is C[C@H]1OC(=O)C2=C1N1CCc3ccccc3C1CC2=O. The van der Waals surface area contributed by atoms with Gasteiger partial charge in [-0.3, -0.25) is 4.79 Å². The van der Waals surface area contributed by atoms with Gasteiger partial charge in [0.2, 0.25) is 0 Å². The lowest BCUT2D eigenvalue weighted by atomic mass is 9.84. The van der Waals surface area contributed by atoms with Crippen molar-refractivity contribution in [3.05, 3.63) is 46.7 Å². The van der Waals surface area contributed by atoms with E-state index in [1.54, 1.807) is 0 Å². The smallest absolute Gasteiger partial charge is 0.344 e. The van der Waals surface area contributed by atoms with Crippen molar-refractivity contribution in [3.63, 3.8) is 0 Å². The third-order valence-electron chi connectivity index (χ3n) is 4.51. The summed E-state index contributed by atoms with van der Waals surface area (Å²) in [4.78, 5) is 26.3. The van der Waals surface area contributed by atoms with Crippen LogP contribution in [0.1, 0.15) is 30.5 Å². The molecule has 4 nitrogen and oxygen atoms in total. The average Bonchev–Trinajstić information content (AvgIpc) is 2.75. The van der Waals surface area contributed by atoms with E-state index in [1.165, 1.54) is 11.1 Å². The summed E-state index contributed by atoms with van der Waals surface area (Å²) in [7, 11) is 0. The first-order valence-corrected chi connectivity index (χ1v) is 6.99. The van der Waals surface area contributed by atoms with Gasteiger partial charge in [0.15, 0.2) is 5.78 Å². The van der Waals surface area contributed by atoms with E-state index in [2.05, 4.69) is 17.0 Å². The van der Waals surface area contributed by atoms with Crippen molar-refractivity contribution < 1.29 is 14.3 Å². The van der Waals surface area contributed by atoms with Gasteiger partial charge in [-0.1, -0.05) is 24.3 Å². The van der Waals surface area contributed by atoms with Gasteiger partial charge in [0.05, 0.1) is 11.7 Å². The molecule has 1 unspecified atom stereocenters. The fourth-order valence-electron chi connectivity index (χ4n) is 3.65. The van der Waals surface area contributed by atoms with E-state index in [-0.39, 0.29) is 23.5 Å². The fourth-order valence-corrected chi connectivity index (χ4v) is 3.65. The molecule has 20 heavy (non-hydrogen) atoms. The molecule has 3 aliphatic rings. The second kappa shape index (κ2) is 3.95. The number of hydrogen-bond acceptors (Lipinski definition) is 4. The molecule has 1 aromatic carbocycles. The van der Waals surface area contributed by atoms with Gasteiger partial charge in [-0.05, 0) is 24.5 Å². The highest BCUT2D eigenvalue weighted by molar-refractivity contribution is 6.20. The van der Waals surface area contributed by atoms with Crippen molar-refractivity contribution in [2.24, 2.45) is 0 Å². The number of cyclic esters (lactones) is 1. The number of carbonyl (C=O) groups excluding carboxylic acids is 2. The summed E-state index contributed by atoms with van der Waals surface area (Å²) in [6, 6.07) is 8.32. The minimum absolute atomic E-state index is 0.0585. The third kappa shape index (κ3) is 1.42. The summed E-state index contributed by atoms with van der Waals surface area (Å²) < 4.78 is 5.24. The lowest BCUT2D eigenvalue weighted by molar-refractivity contribution is -0.140. The Bertz CT molecular complexity index is 661. The maximum Gasteiger partial charge on any atom is 0.344 e. The van der Waals surface area contributed by atoms with Crippen LogP contribution in [0.25, 0.3) is 0 Å². The number of nitrogens with zero attached hydrogens (tertiary/aromatic N) is 1. The summed E-state index contributed by atoms with van der Waals surface area (Å²) >= 11 is 0. The van der Waals surface area contributed by atoms with Gasteiger partial charge in [-0.15, -0.1) is 0 Å². The predicted octanol–water partition coefficient (Wildman–Crippen LogP) is 1.76. The zero-order valence-electron chi connectivity index (χ0n) is 11.3. The van der Waals surface area contributed by atoms with E-state index in [9.17, 15) is 9.59 Å². The van der Waals surface area contributed by atoms with Crippen molar-refractivity contribution in [1.82, 2.24) is 4.90 Å². The average molecular weight is 269 g/mol. The minimum atomic E-state index is -0.449. The second-order valence-electron chi connectivity index (χ2n) is 5.59. The Kier molecular flexibility index (Phi) is 2.31. The quantitative estimate of drug-likeness (QED) is 0.532. The van der Waals surface area contributed by atoms with Crippen LogP contribution in [0.3, 0.4) is 0 Å². The number of Topliss-reactive ketones (excluding diaryl/α,β-unsaturated/α-hetero) is 1. The number of hydrogen-bond donors (Lipinski definition) is 0. The molecule has 0 amide bonds. The Balaban J connectivity index is 1.86. The molecule has 0 radical (unpaired) electrons. The molecule has 0 bridgehead atoms. The molecule has 1 aromatic rings. The Morgan fingerprint density at radius 3 is 2.90 bits per heavy atom. The zero-order valence-corrected chi connectivity index (χ0v) is 11.3. The molecule has 0 saturated carbocycles. The van der Waals surface area contributed by atoms with Crippen LogP contribution in [0.4, 0.5) is 0 Å². The summed E-state index contributed by atoms with van der Waals surface area (Å²) in [6.07, 6.45) is 1.01. The number of carbonyl (C=O) groups is 2. The van der Waals surface area contributed by atoms with E-state index >= 15 is 0 Å². The lowest BCUT2D eigenvalue weighted by Crippen LogP contribution is -2.42.